The molecule has 1 aromatic carbocycles. The molecule has 0 atom stereocenters. The van der Waals surface area contributed by atoms with Crippen molar-refractivity contribution in [3.63, 3.8) is 0 Å². The maximum absolute atomic E-state index is 10.9. The second kappa shape index (κ2) is 5.38. The molecular formula is C12H16ClNO3. The molecule has 0 heterocycles. The van der Waals surface area contributed by atoms with Crippen LogP contribution in [0.1, 0.15) is 19.4 Å². The number of benzene rings is 1. The van der Waals surface area contributed by atoms with Gasteiger partial charge in [0.2, 0.25) is 0 Å². The molecule has 0 saturated heterocycles. The molecule has 0 radical (unpaired) electrons. The van der Waals surface area contributed by atoms with E-state index in [0.717, 1.165) is 5.56 Å². The van der Waals surface area contributed by atoms with E-state index < -0.39 is 11.4 Å². The molecule has 94 valence electrons. The van der Waals surface area contributed by atoms with Crippen LogP contribution in [0, 0.1) is 5.41 Å². The minimum atomic E-state index is -0.967. The predicted octanol–water partition coefficient (Wildman–Crippen LogP) is 2.29. The molecule has 0 aliphatic rings. The van der Waals surface area contributed by atoms with Gasteiger partial charge in [0.15, 0.2) is 0 Å². The molecule has 0 amide bonds. The summed E-state index contributed by atoms with van der Waals surface area (Å²) < 4.78 is 5.49. The van der Waals surface area contributed by atoms with Crippen LogP contribution in [-0.4, -0.2) is 17.7 Å². The second-order valence-corrected chi connectivity index (χ2v) is 4.82. The smallest absolute Gasteiger partial charge is 0.312 e. The summed E-state index contributed by atoms with van der Waals surface area (Å²) in [5, 5.41) is 9.42. The van der Waals surface area contributed by atoms with Crippen LogP contribution in [0.4, 0.5) is 0 Å². The highest BCUT2D eigenvalue weighted by Crippen LogP contribution is 2.30. The molecule has 1 aromatic rings. The summed E-state index contributed by atoms with van der Waals surface area (Å²) in [6, 6.07) is 5.26. The molecular weight excluding hydrogens is 242 g/mol. The Balaban J connectivity index is 2.86. The van der Waals surface area contributed by atoms with Gasteiger partial charge in [-0.3, -0.25) is 4.79 Å². The van der Waals surface area contributed by atoms with Crippen LogP contribution < -0.4 is 10.5 Å². The Morgan fingerprint density at radius 1 is 1.53 bits per heavy atom. The van der Waals surface area contributed by atoms with Crippen LogP contribution in [0.2, 0.25) is 5.02 Å². The summed E-state index contributed by atoms with van der Waals surface area (Å²) in [4.78, 5) is 10.9. The van der Waals surface area contributed by atoms with Crippen LogP contribution in [0.5, 0.6) is 5.75 Å². The van der Waals surface area contributed by atoms with Crippen molar-refractivity contribution in [3.8, 4) is 5.75 Å². The van der Waals surface area contributed by atoms with Gasteiger partial charge in [0, 0.05) is 12.1 Å². The summed E-state index contributed by atoms with van der Waals surface area (Å²) >= 11 is 5.99. The molecule has 0 spiro atoms. The molecule has 0 unspecified atom stereocenters. The number of nitrogens with two attached hydrogens (primary N) is 1. The third-order valence-electron chi connectivity index (χ3n) is 2.42. The zero-order valence-corrected chi connectivity index (χ0v) is 10.6. The summed E-state index contributed by atoms with van der Waals surface area (Å²) in [5.41, 5.74) is 5.36. The van der Waals surface area contributed by atoms with Crippen LogP contribution in [-0.2, 0) is 11.3 Å². The first kappa shape index (κ1) is 13.8. The van der Waals surface area contributed by atoms with Crippen molar-refractivity contribution in [3.05, 3.63) is 28.8 Å². The van der Waals surface area contributed by atoms with E-state index in [1.54, 1.807) is 32.0 Å². The topological polar surface area (TPSA) is 72.5 Å². The van der Waals surface area contributed by atoms with Gasteiger partial charge in [-0.2, -0.15) is 0 Å². The van der Waals surface area contributed by atoms with E-state index in [1.807, 2.05) is 0 Å². The highest BCUT2D eigenvalue weighted by molar-refractivity contribution is 6.32. The molecule has 0 aliphatic carbocycles. The van der Waals surface area contributed by atoms with E-state index in [0.29, 0.717) is 17.3 Å². The number of carboxylic acids is 1. The quantitative estimate of drug-likeness (QED) is 0.849. The summed E-state index contributed by atoms with van der Waals surface area (Å²) in [6.45, 7) is 3.52. The van der Waals surface area contributed by atoms with Gasteiger partial charge >= 0.3 is 5.97 Å². The fourth-order valence-corrected chi connectivity index (χ4v) is 1.44. The average molecular weight is 258 g/mol. The Labute approximate surface area is 105 Å². The highest BCUT2D eigenvalue weighted by atomic mass is 35.5. The van der Waals surface area contributed by atoms with E-state index in [4.69, 9.17) is 27.2 Å². The molecule has 0 bridgehead atoms. The van der Waals surface area contributed by atoms with Gasteiger partial charge < -0.3 is 15.6 Å². The standard InChI is InChI=1S/C12H16ClNO3/c1-12(2,11(15)16)7-17-10-8(6-14)4-3-5-9(10)13/h3-5H,6-7,14H2,1-2H3,(H,15,16). The molecule has 3 N–H and O–H groups in total. The van der Waals surface area contributed by atoms with E-state index in [2.05, 4.69) is 0 Å². The number of ether oxygens (including phenoxy) is 1. The Hall–Kier alpha value is -1.26. The number of rotatable bonds is 5. The minimum absolute atomic E-state index is 0.0407. The number of hydrogen-bond acceptors (Lipinski definition) is 3. The van der Waals surface area contributed by atoms with E-state index in [1.165, 1.54) is 0 Å². The number of halogens is 1. The molecule has 0 fully saturated rings. The van der Waals surface area contributed by atoms with Gasteiger partial charge in [-0.25, -0.2) is 0 Å². The molecule has 0 saturated carbocycles. The van der Waals surface area contributed by atoms with Crippen LogP contribution in [0.3, 0.4) is 0 Å². The number of carboxylic acid groups (broad SMARTS) is 1. The summed E-state index contributed by atoms with van der Waals surface area (Å²) in [6.07, 6.45) is 0. The van der Waals surface area contributed by atoms with E-state index in [-0.39, 0.29) is 6.61 Å². The Morgan fingerprint density at radius 2 is 2.18 bits per heavy atom. The Bertz CT molecular complexity index is 418. The third-order valence-corrected chi connectivity index (χ3v) is 2.72. The Kier molecular flexibility index (Phi) is 4.37. The third kappa shape index (κ3) is 3.35. The van der Waals surface area contributed by atoms with E-state index >= 15 is 0 Å². The van der Waals surface area contributed by atoms with Crippen molar-refractivity contribution in [2.75, 3.05) is 6.61 Å². The van der Waals surface area contributed by atoms with Gasteiger partial charge in [-0.15, -0.1) is 0 Å². The molecule has 0 aliphatic heterocycles. The van der Waals surface area contributed by atoms with Gasteiger partial charge in [-0.05, 0) is 19.9 Å². The van der Waals surface area contributed by atoms with Crippen molar-refractivity contribution in [2.45, 2.75) is 20.4 Å². The van der Waals surface area contributed by atoms with Gasteiger partial charge in [0.25, 0.3) is 0 Å². The summed E-state index contributed by atoms with van der Waals surface area (Å²) in [7, 11) is 0. The van der Waals surface area contributed by atoms with Crippen molar-refractivity contribution < 1.29 is 14.6 Å². The van der Waals surface area contributed by atoms with Crippen LogP contribution >= 0.6 is 11.6 Å². The van der Waals surface area contributed by atoms with Crippen molar-refractivity contribution in [1.82, 2.24) is 0 Å². The monoisotopic (exact) mass is 257 g/mol. The van der Waals surface area contributed by atoms with Gasteiger partial charge in [0.1, 0.15) is 12.4 Å². The lowest BCUT2D eigenvalue weighted by atomic mass is 9.95. The lowest BCUT2D eigenvalue weighted by Crippen LogP contribution is -2.31. The maximum atomic E-state index is 10.9. The molecule has 1 rings (SSSR count). The average Bonchev–Trinajstić information content (AvgIpc) is 2.26. The minimum Gasteiger partial charge on any atom is -0.491 e. The molecule has 17 heavy (non-hydrogen) atoms. The predicted molar refractivity (Wildman–Crippen MR) is 66.3 cm³/mol. The lowest BCUT2D eigenvalue weighted by molar-refractivity contribution is -0.148. The molecule has 4 nitrogen and oxygen atoms in total. The normalized spacial score (nSPS) is 11.3. The number of carbonyl (C=O) groups is 1. The van der Waals surface area contributed by atoms with Crippen molar-refractivity contribution in [1.29, 1.82) is 0 Å². The fraction of sp³-hybridized carbons (Fsp3) is 0.417. The number of hydrogen-bond donors (Lipinski definition) is 2. The van der Waals surface area contributed by atoms with Crippen LogP contribution in [0.15, 0.2) is 18.2 Å². The Morgan fingerprint density at radius 3 is 2.71 bits per heavy atom. The van der Waals surface area contributed by atoms with Gasteiger partial charge in [0.05, 0.1) is 10.4 Å². The first-order valence-corrected chi connectivity index (χ1v) is 5.60. The molecule has 0 aromatic heterocycles. The van der Waals surface area contributed by atoms with Crippen molar-refractivity contribution in [2.24, 2.45) is 11.1 Å². The number of para-hydroxylation sites is 1. The van der Waals surface area contributed by atoms with Crippen molar-refractivity contribution >= 4 is 17.6 Å². The first-order chi connectivity index (χ1) is 7.88. The lowest BCUT2D eigenvalue weighted by Gasteiger charge is -2.21. The zero-order valence-electron chi connectivity index (χ0n) is 9.87. The van der Waals surface area contributed by atoms with Gasteiger partial charge in [-0.1, -0.05) is 23.7 Å². The largest absolute Gasteiger partial charge is 0.491 e. The fourth-order valence-electron chi connectivity index (χ4n) is 1.19. The maximum Gasteiger partial charge on any atom is 0.312 e. The summed E-state index contributed by atoms with van der Waals surface area (Å²) in [5.74, 6) is -0.454. The number of aliphatic carboxylic acids is 1. The zero-order chi connectivity index (χ0) is 13.1. The second-order valence-electron chi connectivity index (χ2n) is 4.41. The molecule has 5 heteroatoms. The van der Waals surface area contributed by atoms with Crippen LogP contribution in [0.25, 0.3) is 0 Å². The first-order valence-electron chi connectivity index (χ1n) is 5.22. The SMILES string of the molecule is CC(C)(COc1c(Cl)cccc1CN)C(=O)O. The van der Waals surface area contributed by atoms with E-state index in [9.17, 15) is 4.79 Å². The highest BCUT2D eigenvalue weighted by Gasteiger charge is 2.28.